The van der Waals surface area contributed by atoms with Gasteiger partial charge in [-0.05, 0) is 24.1 Å². The van der Waals surface area contributed by atoms with Crippen LogP contribution >= 0.6 is 0 Å². The summed E-state index contributed by atoms with van der Waals surface area (Å²) in [6.07, 6.45) is 1.06. The lowest BCUT2D eigenvalue weighted by atomic mass is 10.0. The largest absolute Gasteiger partial charge is 0.496 e. The number of ether oxygens (including phenoxy) is 1. The Morgan fingerprint density at radius 3 is 3.00 bits per heavy atom. The maximum atomic E-state index is 5.57. The van der Waals surface area contributed by atoms with Crippen molar-refractivity contribution in [2.45, 2.75) is 13.0 Å². The Hall–Kier alpha value is -1.97. The maximum absolute atomic E-state index is 5.57. The minimum absolute atomic E-state index is 0.868. The van der Waals surface area contributed by atoms with Crippen molar-refractivity contribution in [2.24, 2.45) is 4.99 Å². The third kappa shape index (κ3) is 1.31. The SMILES string of the molecule is COc1cccc2c1c1c3n2CCN=C3N(C)CC1. The lowest BCUT2D eigenvalue weighted by Gasteiger charge is -2.30. The summed E-state index contributed by atoms with van der Waals surface area (Å²) in [4.78, 5) is 6.98. The molecule has 0 atom stereocenters. The summed E-state index contributed by atoms with van der Waals surface area (Å²) < 4.78 is 7.97. The fraction of sp³-hybridized carbons (Fsp3) is 0.400. The van der Waals surface area contributed by atoms with E-state index in [-0.39, 0.29) is 0 Å². The van der Waals surface area contributed by atoms with Crippen LogP contribution in [0.15, 0.2) is 23.2 Å². The van der Waals surface area contributed by atoms with Gasteiger partial charge >= 0.3 is 0 Å². The Labute approximate surface area is 112 Å². The van der Waals surface area contributed by atoms with Crippen LogP contribution in [-0.2, 0) is 13.0 Å². The van der Waals surface area contributed by atoms with Gasteiger partial charge in [-0.15, -0.1) is 0 Å². The van der Waals surface area contributed by atoms with Crippen molar-refractivity contribution in [1.29, 1.82) is 0 Å². The van der Waals surface area contributed by atoms with Gasteiger partial charge in [-0.2, -0.15) is 0 Å². The molecule has 2 aliphatic heterocycles. The predicted molar refractivity (Wildman–Crippen MR) is 76.2 cm³/mol. The number of hydrogen-bond donors (Lipinski definition) is 0. The molecule has 0 saturated heterocycles. The molecule has 0 bridgehead atoms. The van der Waals surface area contributed by atoms with Gasteiger partial charge in [0, 0.05) is 25.5 Å². The van der Waals surface area contributed by atoms with Crippen molar-refractivity contribution in [3.05, 3.63) is 29.5 Å². The van der Waals surface area contributed by atoms with Gasteiger partial charge in [-0.1, -0.05) is 6.07 Å². The first-order valence-corrected chi connectivity index (χ1v) is 6.75. The molecule has 0 unspecified atom stereocenters. The van der Waals surface area contributed by atoms with Crippen LogP contribution in [0.2, 0.25) is 0 Å². The molecule has 98 valence electrons. The zero-order valence-electron chi connectivity index (χ0n) is 11.3. The molecule has 0 N–H and O–H groups in total. The van der Waals surface area contributed by atoms with Gasteiger partial charge < -0.3 is 14.2 Å². The first-order valence-electron chi connectivity index (χ1n) is 6.75. The van der Waals surface area contributed by atoms with Crippen molar-refractivity contribution in [3.63, 3.8) is 0 Å². The topological polar surface area (TPSA) is 29.8 Å². The highest BCUT2D eigenvalue weighted by Gasteiger charge is 2.30. The number of benzene rings is 1. The number of hydrogen-bond acceptors (Lipinski definition) is 3. The number of methoxy groups -OCH3 is 1. The second-order valence-corrected chi connectivity index (χ2v) is 5.21. The van der Waals surface area contributed by atoms with Gasteiger partial charge in [-0.25, -0.2) is 0 Å². The third-order valence-electron chi connectivity index (χ3n) is 4.23. The van der Waals surface area contributed by atoms with E-state index in [1.807, 2.05) is 0 Å². The minimum Gasteiger partial charge on any atom is -0.496 e. The number of aliphatic imine (C=N–C) groups is 1. The first-order chi connectivity index (χ1) is 9.31. The number of likely N-dealkylation sites (N-methyl/N-ethyl adjacent to an activating group) is 1. The average Bonchev–Trinajstić information content (AvgIpc) is 2.79. The molecule has 4 nitrogen and oxygen atoms in total. The number of aromatic nitrogens is 1. The van der Waals surface area contributed by atoms with E-state index >= 15 is 0 Å². The fourth-order valence-electron chi connectivity index (χ4n) is 3.37. The third-order valence-corrected chi connectivity index (χ3v) is 4.23. The summed E-state index contributed by atoms with van der Waals surface area (Å²) in [6.45, 7) is 2.87. The van der Waals surface area contributed by atoms with Crippen LogP contribution in [0.4, 0.5) is 0 Å². The number of nitrogens with zero attached hydrogens (tertiary/aromatic N) is 3. The van der Waals surface area contributed by atoms with Crippen molar-refractivity contribution in [2.75, 3.05) is 27.2 Å². The smallest absolute Gasteiger partial charge is 0.148 e. The van der Waals surface area contributed by atoms with E-state index in [4.69, 9.17) is 9.73 Å². The normalized spacial score (nSPS) is 17.4. The molecule has 0 spiro atoms. The monoisotopic (exact) mass is 255 g/mol. The second-order valence-electron chi connectivity index (χ2n) is 5.21. The standard InChI is InChI=1S/C15H17N3O/c1-17-8-6-10-13-11(4-3-5-12(13)19-2)18-9-7-16-15(17)14(10)18/h3-5H,6-9H2,1-2H3. The van der Waals surface area contributed by atoms with Crippen LogP contribution in [0, 0.1) is 0 Å². The van der Waals surface area contributed by atoms with Gasteiger partial charge in [-0.3, -0.25) is 4.99 Å². The quantitative estimate of drug-likeness (QED) is 0.779. The molecule has 4 rings (SSSR count). The molecule has 1 aromatic carbocycles. The molecule has 4 heteroatoms. The van der Waals surface area contributed by atoms with Gasteiger partial charge in [0.2, 0.25) is 0 Å². The minimum atomic E-state index is 0.868. The number of rotatable bonds is 1. The molecule has 0 saturated carbocycles. The molecule has 0 amide bonds. The molecular formula is C15H17N3O. The summed E-state index contributed by atoms with van der Waals surface area (Å²) >= 11 is 0. The van der Waals surface area contributed by atoms with Crippen LogP contribution in [0.3, 0.4) is 0 Å². The summed E-state index contributed by atoms with van der Waals surface area (Å²) in [5, 5.41) is 1.28. The van der Waals surface area contributed by atoms with Gasteiger partial charge in [0.1, 0.15) is 11.6 Å². The zero-order valence-corrected chi connectivity index (χ0v) is 11.3. The first kappa shape index (κ1) is 10.9. The van der Waals surface area contributed by atoms with Crippen LogP contribution in [0.25, 0.3) is 10.9 Å². The van der Waals surface area contributed by atoms with E-state index in [1.165, 1.54) is 22.2 Å². The highest BCUT2D eigenvalue weighted by atomic mass is 16.5. The Kier molecular flexibility index (Phi) is 2.16. The summed E-state index contributed by atoms with van der Waals surface area (Å²) in [5.41, 5.74) is 4.00. The number of fused-ring (bicyclic) bond motifs is 3. The van der Waals surface area contributed by atoms with Gasteiger partial charge in [0.15, 0.2) is 0 Å². The van der Waals surface area contributed by atoms with Crippen molar-refractivity contribution in [1.82, 2.24) is 9.47 Å². The molecule has 0 fully saturated rings. The lowest BCUT2D eigenvalue weighted by molar-refractivity contribution is 0.419. The van der Waals surface area contributed by atoms with Gasteiger partial charge in [0.05, 0.1) is 24.9 Å². The van der Waals surface area contributed by atoms with Crippen LogP contribution in [0.5, 0.6) is 5.75 Å². The molecule has 2 aliphatic rings. The predicted octanol–water partition coefficient (Wildman–Crippen LogP) is 1.90. The molecular weight excluding hydrogens is 238 g/mol. The van der Waals surface area contributed by atoms with E-state index in [1.54, 1.807) is 7.11 Å². The van der Waals surface area contributed by atoms with Crippen LogP contribution in [-0.4, -0.2) is 42.5 Å². The molecule has 2 aromatic rings. The highest BCUT2D eigenvalue weighted by molar-refractivity contribution is 6.07. The second kappa shape index (κ2) is 3.76. The van der Waals surface area contributed by atoms with E-state index in [0.29, 0.717) is 0 Å². The highest BCUT2D eigenvalue weighted by Crippen LogP contribution is 2.37. The molecule has 0 aliphatic carbocycles. The van der Waals surface area contributed by atoms with Crippen LogP contribution in [0.1, 0.15) is 11.3 Å². The molecule has 0 radical (unpaired) electrons. The zero-order chi connectivity index (χ0) is 13.0. The summed E-state index contributed by atoms with van der Waals surface area (Å²) in [6, 6.07) is 6.32. The molecule has 19 heavy (non-hydrogen) atoms. The van der Waals surface area contributed by atoms with E-state index in [9.17, 15) is 0 Å². The summed E-state index contributed by atoms with van der Waals surface area (Å²) in [5.74, 6) is 2.13. The fourth-order valence-corrected chi connectivity index (χ4v) is 3.37. The van der Waals surface area contributed by atoms with E-state index in [2.05, 4.69) is 34.7 Å². The van der Waals surface area contributed by atoms with Crippen molar-refractivity contribution in [3.8, 4) is 5.75 Å². The Balaban J connectivity index is 2.13. The number of amidine groups is 1. The lowest BCUT2D eigenvalue weighted by Crippen LogP contribution is -2.38. The van der Waals surface area contributed by atoms with Crippen molar-refractivity contribution >= 4 is 16.7 Å². The van der Waals surface area contributed by atoms with Crippen molar-refractivity contribution < 1.29 is 4.74 Å². The Morgan fingerprint density at radius 1 is 1.26 bits per heavy atom. The molecule has 1 aromatic heterocycles. The van der Waals surface area contributed by atoms with E-state index in [0.717, 1.165) is 37.6 Å². The van der Waals surface area contributed by atoms with E-state index < -0.39 is 0 Å². The molecule has 3 heterocycles. The van der Waals surface area contributed by atoms with Gasteiger partial charge in [0.25, 0.3) is 0 Å². The average molecular weight is 255 g/mol. The van der Waals surface area contributed by atoms with Crippen LogP contribution < -0.4 is 4.74 Å². The Morgan fingerprint density at radius 2 is 2.16 bits per heavy atom. The summed E-state index contributed by atoms with van der Waals surface area (Å²) in [7, 11) is 3.88. The maximum Gasteiger partial charge on any atom is 0.148 e. The Bertz CT molecular complexity index is 699.